The normalized spacial score (nSPS) is 11.6. The Bertz CT molecular complexity index is 732. The van der Waals surface area contributed by atoms with Gasteiger partial charge in [0, 0.05) is 11.9 Å². The number of esters is 1. The van der Waals surface area contributed by atoms with Crippen molar-refractivity contribution >= 4 is 24.5 Å². The summed E-state index contributed by atoms with van der Waals surface area (Å²) in [5, 5.41) is 6.71. The minimum atomic E-state index is -0.816. The number of aryl methyl sites for hydroxylation is 1. The van der Waals surface area contributed by atoms with Crippen LogP contribution < -0.4 is 10.1 Å². The summed E-state index contributed by atoms with van der Waals surface area (Å²) in [6.45, 7) is 4.06. The molecule has 0 aliphatic rings. The lowest BCUT2D eigenvalue weighted by Crippen LogP contribution is -2.43. The lowest BCUT2D eigenvalue weighted by molar-refractivity contribution is -0.144. The molecule has 1 heterocycles. The van der Waals surface area contributed by atoms with E-state index >= 15 is 0 Å². The molecule has 0 saturated heterocycles. The zero-order valence-electron chi connectivity index (χ0n) is 14.1. The summed E-state index contributed by atoms with van der Waals surface area (Å²) >= 11 is 4.06. The fourth-order valence-corrected chi connectivity index (χ4v) is 2.30. The number of hydrogen-bond acceptors (Lipinski definition) is 6. The first kappa shape index (κ1) is 18.9. The Hall–Kier alpha value is -2.48. The summed E-state index contributed by atoms with van der Waals surface area (Å²) in [6.07, 6.45) is 1.63. The van der Waals surface area contributed by atoms with Gasteiger partial charge in [-0.25, -0.2) is 9.48 Å². The van der Waals surface area contributed by atoms with Crippen LogP contribution in [0.15, 0.2) is 36.5 Å². The van der Waals surface area contributed by atoms with Crippen LogP contribution in [-0.2, 0) is 16.3 Å². The van der Waals surface area contributed by atoms with Crippen molar-refractivity contribution in [3.63, 3.8) is 0 Å². The Labute approximate surface area is 151 Å². The van der Waals surface area contributed by atoms with Gasteiger partial charge in [0.05, 0.1) is 6.61 Å². The predicted octanol–water partition coefficient (Wildman–Crippen LogP) is 1.82. The molecule has 0 spiro atoms. The van der Waals surface area contributed by atoms with Gasteiger partial charge in [-0.3, -0.25) is 4.79 Å². The van der Waals surface area contributed by atoms with Crippen molar-refractivity contribution < 1.29 is 19.1 Å². The largest absolute Gasteiger partial charge is 0.471 e. The van der Waals surface area contributed by atoms with Crippen LogP contribution in [0.25, 0.3) is 0 Å². The highest BCUT2D eigenvalue weighted by Crippen LogP contribution is 2.16. The van der Waals surface area contributed by atoms with Gasteiger partial charge in [-0.2, -0.15) is 17.7 Å². The zero-order chi connectivity index (χ0) is 18.2. The molecule has 1 amide bonds. The van der Waals surface area contributed by atoms with Gasteiger partial charge in [0.15, 0.2) is 6.73 Å². The van der Waals surface area contributed by atoms with Crippen LogP contribution in [-0.4, -0.2) is 40.1 Å². The molecule has 0 unspecified atom stereocenters. The van der Waals surface area contributed by atoms with Crippen LogP contribution in [0, 0.1) is 6.92 Å². The monoisotopic (exact) mass is 363 g/mol. The number of nitrogens with one attached hydrogen (secondary N) is 1. The van der Waals surface area contributed by atoms with Crippen LogP contribution in [0.4, 0.5) is 0 Å². The Balaban J connectivity index is 1.94. The van der Waals surface area contributed by atoms with E-state index in [1.165, 1.54) is 4.68 Å². The molecular formula is C17H21N3O4S. The lowest BCUT2D eigenvalue weighted by Gasteiger charge is -2.14. The number of nitrogens with zero attached hydrogens (tertiary/aromatic N) is 2. The maximum Gasteiger partial charge on any atom is 0.329 e. The van der Waals surface area contributed by atoms with Crippen LogP contribution in [0.3, 0.4) is 0 Å². The molecular weight excluding hydrogens is 342 g/mol. The third-order valence-electron chi connectivity index (χ3n) is 3.38. The van der Waals surface area contributed by atoms with E-state index in [4.69, 9.17) is 9.47 Å². The van der Waals surface area contributed by atoms with Crippen LogP contribution >= 0.6 is 12.6 Å². The molecule has 1 N–H and O–H groups in total. The second-order valence-corrected chi connectivity index (χ2v) is 5.61. The van der Waals surface area contributed by atoms with Gasteiger partial charge >= 0.3 is 5.97 Å². The maximum atomic E-state index is 12.2. The number of benzene rings is 1. The molecule has 0 bridgehead atoms. The van der Waals surface area contributed by atoms with Gasteiger partial charge < -0.3 is 14.8 Å². The summed E-state index contributed by atoms with van der Waals surface area (Å²) in [5.74, 6) is -0.0989. The summed E-state index contributed by atoms with van der Waals surface area (Å²) < 4.78 is 12.1. The van der Waals surface area contributed by atoms with E-state index in [1.807, 2.05) is 31.2 Å². The van der Waals surface area contributed by atoms with Crippen LogP contribution in [0.2, 0.25) is 0 Å². The molecule has 2 rings (SSSR count). The number of thiol groups is 1. The van der Waals surface area contributed by atoms with Gasteiger partial charge in [0.25, 0.3) is 5.91 Å². The SMILES string of the molecule is CCOC(=O)[C@H](CS)NC(=O)c1ccn(COc2ccccc2C)n1. The average Bonchev–Trinajstić information content (AvgIpc) is 3.08. The van der Waals surface area contributed by atoms with Crippen molar-refractivity contribution in [3.8, 4) is 5.75 Å². The van der Waals surface area contributed by atoms with E-state index in [2.05, 4.69) is 23.0 Å². The van der Waals surface area contributed by atoms with Crippen LogP contribution in [0.5, 0.6) is 5.75 Å². The Morgan fingerprint density at radius 1 is 1.32 bits per heavy atom. The molecule has 0 aliphatic carbocycles. The first-order valence-corrected chi connectivity index (χ1v) is 8.48. The van der Waals surface area contributed by atoms with Crippen molar-refractivity contribution in [1.29, 1.82) is 0 Å². The number of ether oxygens (including phenoxy) is 2. The van der Waals surface area contributed by atoms with Gasteiger partial charge in [-0.1, -0.05) is 18.2 Å². The van der Waals surface area contributed by atoms with E-state index in [0.29, 0.717) is 0 Å². The number of hydrogen-bond donors (Lipinski definition) is 2. The number of amides is 1. The van der Waals surface area contributed by atoms with Crippen LogP contribution in [0.1, 0.15) is 23.0 Å². The van der Waals surface area contributed by atoms with Crippen molar-refractivity contribution in [3.05, 3.63) is 47.8 Å². The van der Waals surface area contributed by atoms with Gasteiger partial charge in [0.2, 0.25) is 0 Å². The van der Waals surface area contributed by atoms with E-state index in [-0.39, 0.29) is 24.8 Å². The number of aromatic nitrogens is 2. The minimum Gasteiger partial charge on any atom is -0.471 e. The molecule has 0 fully saturated rings. The van der Waals surface area contributed by atoms with E-state index in [0.717, 1.165) is 11.3 Å². The molecule has 2 aromatic rings. The average molecular weight is 363 g/mol. The van der Waals surface area contributed by atoms with E-state index < -0.39 is 17.9 Å². The second kappa shape index (κ2) is 9.12. The van der Waals surface area contributed by atoms with Gasteiger partial charge in [-0.15, -0.1) is 0 Å². The van der Waals surface area contributed by atoms with Crippen molar-refractivity contribution in [2.24, 2.45) is 0 Å². The van der Waals surface area contributed by atoms with Gasteiger partial charge in [0.1, 0.15) is 17.5 Å². The fourth-order valence-electron chi connectivity index (χ4n) is 2.06. The Morgan fingerprint density at radius 3 is 2.76 bits per heavy atom. The number of para-hydroxylation sites is 1. The second-order valence-electron chi connectivity index (χ2n) is 5.24. The van der Waals surface area contributed by atoms with Crippen molar-refractivity contribution in [2.75, 3.05) is 12.4 Å². The molecule has 0 radical (unpaired) electrons. The summed E-state index contributed by atoms with van der Waals surface area (Å²) in [5.41, 5.74) is 1.20. The Kier molecular flexibility index (Phi) is 6.88. The topological polar surface area (TPSA) is 82.5 Å². The van der Waals surface area contributed by atoms with Gasteiger partial charge in [-0.05, 0) is 31.5 Å². The first-order valence-electron chi connectivity index (χ1n) is 7.85. The predicted molar refractivity (Wildman–Crippen MR) is 95.8 cm³/mol. The lowest BCUT2D eigenvalue weighted by atomic mass is 10.2. The summed E-state index contributed by atoms with van der Waals surface area (Å²) in [6, 6.07) is 8.37. The molecule has 7 nitrogen and oxygen atoms in total. The standard InChI is InChI=1S/C17H21N3O4S/c1-3-23-17(22)14(10-25)18-16(21)13-8-9-20(19-13)11-24-15-7-5-4-6-12(15)2/h4-9,14,25H,3,10-11H2,1-2H3,(H,18,21)/t14-/m0/s1. The highest BCUT2D eigenvalue weighted by Gasteiger charge is 2.22. The quantitative estimate of drug-likeness (QED) is 0.552. The molecule has 134 valence electrons. The Morgan fingerprint density at radius 2 is 2.08 bits per heavy atom. The third-order valence-corrected chi connectivity index (χ3v) is 3.74. The molecule has 0 aliphatic heterocycles. The number of rotatable bonds is 8. The van der Waals surface area contributed by atoms with Crippen molar-refractivity contribution in [2.45, 2.75) is 26.6 Å². The zero-order valence-corrected chi connectivity index (χ0v) is 15.0. The van der Waals surface area contributed by atoms with Crippen molar-refractivity contribution in [1.82, 2.24) is 15.1 Å². The van der Waals surface area contributed by atoms with E-state index in [1.54, 1.807) is 19.2 Å². The number of carbonyl (C=O) groups is 2. The molecule has 1 aromatic carbocycles. The molecule has 1 aromatic heterocycles. The molecule has 25 heavy (non-hydrogen) atoms. The summed E-state index contributed by atoms with van der Waals surface area (Å²) in [7, 11) is 0. The smallest absolute Gasteiger partial charge is 0.329 e. The highest BCUT2D eigenvalue weighted by atomic mass is 32.1. The first-order chi connectivity index (χ1) is 12.0. The fraction of sp³-hybridized carbons (Fsp3) is 0.353. The maximum absolute atomic E-state index is 12.2. The van der Waals surface area contributed by atoms with E-state index in [9.17, 15) is 9.59 Å². The minimum absolute atomic E-state index is 0.141. The molecule has 0 saturated carbocycles. The molecule has 8 heteroatoms. The molecule has 1 atom stereocenters. The third kappa shape index (κ3) is 5.25. The highest BCUT2D eigenvalue weighted by molar-refractivity contribution is 7.80. The number of carbonyl (C=O) groups excluding carboxylic acids is 2. The summed E-state index contributed by atoms with van der Waals surface area (Å²) in [4.78, 5) is 23.9.